The van der Waals surface area contributed by atoms with Crippen molar-refractivity contribution in [1.82, 2.24) is 0 Å². The molecule has 0 amide bonds. The zero-order chi connectivity index (χ0) is 41.7. The molecule has 2 aliphatic carbocycles. The lowest BCUT2D eigenvalue weighted by Crippen LogP contribution is -2.28. The summed E-state index contributed by atoms with van der Waals surface area (Å²) < 4.78 is 0. The molecule has 0 radical (unpaired) electrons. The molecular formula is C61H51N. The third-order valence-electron chi connectivity index (χ3n) is 14.4. The molecule has 0 saturated heterocycles. The number of hydrogen-bond donors (Lipinski definition) is 0. The summed E-state index contributed by atoms with van der Waals surface area (Å²) in [7, 11) is 0. The SMILES string of the molecule is CCC1(c2ccc(N(c3ccc(-c4cccc5cccc(-c6ccccc6)c45)cc3)c3ccc(C4(c5ccccc5)c5ccccc5-c5ccccc54)cc3)cc2)CCC(C)C1. The molecule has 0 spiro atoms. The molecule has 0 N–H and O–H groups in total. The maximum absolute atomic E-state index is 2.44. The van der Waals surface area contributed by atoms with Crippen molar-refractivity contribution in [2.75, 3.05) is 4.90 Å². The van der Waals surface area contributed by atoms with Crippen LogP contribution in [0.4, 0.5) is 17.1 Å². The van der Waals surface area contributed by atoms with E-state index in [1.807, 2.05) is 0 Å². The van der Waals surface area contributed by atoms with E-state index in [-0.39, 0.29) is 5.41 Å². The number of hydrogen-bond acceptors (Lipinski definition) is 1. The van der Waals surface area contributed by atoms with Gasteiger partial charge in [-0.2, -0.15) is 0 Å². The van der Waals surface area contributed by atoms with Crippen molar-refractivity contribution in [3.05, 3.63) is 246 Å². The van der Waals surface area contributed by atoms with Crippen LogP contribution in [0.2, 0.25) is 0 Å². The van der Waals surface area contributed by atoms with Crippen LogP contribution in [-0.4, -0.2) is 0 Å². The quantitative estimate of drug-likeness (QED) is 0.141. The Morgan fingerprint density at radius 1 is 0.435 bits per heavy atom. The highest BCUT2D eigenvalue weighted by atomic mass is 15.1. The minimum absolute atomic E-state index is 0.267. The molecule has 9 aromatic rings. The standard InChI is InChI=1S/C61H51N/c1-3-60(41-40-43(2)42-60)47-30-36-51(37-31-47)62(50-34-28-45(29-35-50)54-25-15-19-46-18-14-24-53(59(46)54)44-16-6-4-7-17-44)52-38-32-49(33-39-52)61(48-20-8-5-9-21-48)57-26-12-10-22-55(57)56-23-11-13-27-58(56)61/h4-39,43H,3,40-42H2,1-2H3. The van der Waals surface area contributed by atoms with E-state index in [2.05, 4.69) is 237 Å². The van der Waals surface area contributed by atoms with Crippen molar-refractivity contribution in [3.8, 4) is 33.4 Å². The zero-order valence-electron chi connectivity index (χ0n) is 35.6. The lowest BCUT2D eigenvalue weighted by atomic mass is 9.68. The van der Waals surface area contributed by atoms with Gasteiger partial charge in [0.2, 0.25) is 0 Å². The van der Waals surface area contributed by atoms with Gasteiger partial charge in [-0.25, -0.2) is 0 Å². The summed E-state index contributed by atoms with van der Waals surface area (Å²) in [5, 5.41) is 2.53. The van der Waals surface area contributed by atoms with Crippen LogP contribution in [0.3, 0.4) is 0 Å². The molecule has 0 aromatic heterocycles. The highest BCUT2D eigenvalue weighted by molar-refractivity contribution is 6.06. The van der Waals surface area contributed by atoms with Gasteiger partial charge in [-0.15, -0.1) is 0 Å². The maximum atomic E-state index is 2.44. The average Bonchev–Trinajstić information content (AvgIpc) is 3.89. The lowest BCUT2D eigenvalue weighted by Gasteiger charge is -2.34. The third kappa shape index (κ3) is 6.13. The minimum Gasteiger partial charge on any atom is -0.311 e. The van der Waals surface area contributed by atoms with Gasteiger partial charge in [0.15, 0.2) is 0 Å². The van der Waals surface area contributed by atoms with Crippen molar-refractivity contribution < 1.29 is 0 Å². The normalized spacial score (nSPS) is 17.4. The highest BCUT2D eigenvalue weighted by Crippen LogP contribution is 2.56. The van der Waals surface area contributed by atoms with E-state index in [4.69, 9.17) is 0 Å². The first-order valence-electron chi connectivity index (χ1n) is 22.5. The van der Waals surface area contributed by atoms with Crippen molar-refractivity contribution in [1.29, 1.82) is 0 Å². The molecule has 2 unspecified atom stereocenters. The Kier molecular flexibility index (Phi) is 9.50. The smallest absolute Gasteiger partial charge is 0.0713 e. The molecule has 62 heavy (non-hydrogen) atoms. The highest BCUT2D eigenvalue weighted by Gasteiger charge is 2.46. The molecule has 1 nitrogen and oxygen atoms in total. The Labute approximate surface area is 367 Å². The fraction of sp³-hybridized carbons (Fsp3) is 0.148. The molecular weight excluding hydrogens is 747 g/mol. The number of rotatable bonds is 9. The van der Waals surface area contributed by atoms with Gasteiger partial charge < -0.3 is 4.90 Å². The van der Waals surface area contributed by atoms with Gasteiger partial charge in [-0.05, 0) is 145 Å². The molecule has 1 saturated carbocycles. The van der Waals surface area contributed by atoms with Gasteiger partial charge in [0.25, 0.3) is 0 Å². The van der Waals surface area contributed by atoms with E-state index in [0.717, 1.165) is 23.0 Å². The maximum Gasteiger partial charge on any atom is 0.0713 e. The van der Waals surface area contributed by atoms with E-state index in [9.17, 15) is 0 Å². The molecule has 0 aliphatic heterocycles. The van der Waals surface area contributed by atoms with Gasteiger partial charge in [0.05, 0.1) is 5.41 Å². The number of nitrogens with zero attached hydrogens (tertiary/aromatic N) is 1. The summed E-state index contributed by atoms with van der Waals surface area (Å²) in [5.41, 5.74) is 17.5. The first-order chi connectivity index (χ1) is 30.6. The molecule has 300 valence electrons. The van der Waals surface area contributed by atoms with Crippen molar-refractivity contribution in [2.45, 2.75) is 50.4 Å². The van der Waals surface area contributed by atoms with E-state index in [1.165, 1.54) is 97.7 Å². The van der Waals surface area contributed by atoms with Crippen molar-refractivity contribution in [2.24, 2.45) is 5.92 Å². The summed E-state index contributed by atoms with van der Waals surface area (Å²) in [4.78, 5) is 2.44. The summed E-state index contributed by atoms with van der Waals surface area (Å²) in [6.45, 7) is 4.80. The molecule has 0 bridgehead atoms. The van der Waals surface area contributed by atoms with Gasteiger partial charge in [0, 0.05) is 17.1 Å². The Bertz CT molecular complexity index is 2970. The minimum atomic E-state index is -0.439. The van der Waals surface area contributed by atoms with E-state index in [1.54, 1.807) is 0 Å². The van der Waals surface area contributed by atoms with Crippen LogP contribution in [0.15, 0.2) is 218 Å². The molecule has 2 aliphatic rings. The lowest BCUT2D eigenvalue weighted by molar-refractivity contribution is 0.408. The second-order valence-electron chi connectivity index (χ2n) is 17.7. The first-order valence-corrected chi connectivity index (χ1v) is 22.5. The summed E-state index contributed by atoms with van der Waals surface area (Å²) in [6, 6.07) is 81.4. The third-order valence-corrected chi connectivity index (χ3v) is 14.4. The molecule has 1 fully saturated rings. The van der Waals surface area contributed by atoms with E-state index in [0.29, 0.717) is 0 Å². The van der Waals surface area contributed by atoms with Gasteiger partial charge >= 0.3 is 0 Å². The fourth-order valence-electron chi connectivity index (χ4n) is 11.4. The van der Waals surface area contributed by atoms with Gasteiger partial charge in [-0.1, -0.05) is 196 Å². The average molecular weight is 798 g/mol. The fourth-order valence-corrected chi connectivity index (χ4v) is 11.4. The number of benzene rings is 9. The van der Waals surface area contributed by atoms with Crippen molar-refractivity contribution >= 4 is 27.8 Å². The Morgan fingerprint density at radius 2 is 0.887 bits per heavy atom. The van der Waals surface area contributed by atoms with E-state index >= 15 is 0 Å². The summed E-state index contributed by atoms with van der Waals surface area (Å²) >= 11 is 0. The second-order valence-corrected chi connectivity index (χ2v) is 17.7. The van der Waals surface area contributed by atoms with Gasteiger partial charge in [-0.3, -0.25) is 0 Å². The monoisotopic (exact) mass is 797 g/mol. The Morgan fingerprint density at radius 3 is 1.42 bits per heavy atom. The molecule has 0 heterocycles. The Hall–Kier alpha value is -6.96. The van der Waals surface area contributed by atoms with Crippen LogP contribution in [0.25, 0.3) is 44.2 Å². The largest absolute Gasteiger partial charge is 0.311 e. The summed E-state index contributed by atoms with van der Waals surface area (Å²) in [6.07, 6.45) is 5.03. The van der Waals surface area contributed by atoms with Gasteiger partial charge in [0.1, 0.15) is 0 Å². The van der Waals surface area contributed by atoms with Crippen LogP contribution in [0, 0.1) is 5.92 Å². The molecule has 9 aromatic carbocycles. The predicted molar refractivity (Wildman–Crippen MR) is 262 cm³/mol. The van der Waals surface area contributed by atoms with Crippen LogP contribution >= 0.6 is 0 Å². The number of anilines is 3. The topological polar surface area (TPSA) is 3.24 Å². The zero-order valence-corrected chi connectivity index (χ0v) is 35.6. The molecule has 1 heteroatoms. The van der Waals surface area contributed by atoms with Crippen molar-refractivity contribution in [3.63, 3.8) is 0 Å². The first kappa shape index (κ1) is 38.0. The van der Waals surface area contributed by atoms with Crippen LogP contribution in [0.5, 0.6) is 0 Å². The van der Waals surface area contributed by atoms with Crippen LogP contribution in [-0.2, 0) is 10.8 Å². The number of fused-ring (bicyclic) bond motifs is 4. The Balaban J connectivity index is 1.04. The predicted octanol–water partition coefficient (Wildman–Crippen LogP) is 16.5. The summed E-state index contributed by atoms with van der Waals surface area (Å²) in [5.74, 6) is 0.770. The van der Waals surface area contributed by atoms with Crippen LogP contribution < -0.4 is 4.90 Å². The molecule has 11 rings (SSSR count). The second kappa shape index (κ2) is 15.5. The van der Waals surface area contributed by atoms with E-state index < -0.39 is 5.41 Å². The van der Waals surface area contributed by atoms with Crippen LogP contribution in [0.1, 0.15) is 67.3 Å². The molecule has 2 atom stereocenters.